The molecule has 1 saturated heterocycles. The summed E-state index contributed by atoms with van der Waals surface area (Å²) in [4.78, 5) is 12.2. The Morgan fingerprint density at radius 3 is 2.56 bits per heavy atom. The second-order valence-electron chi connectivity index (χ2n) is 4.26. The van der Waals surface area contributed by atoms with Crippen molar-refractivity contribution in [1.29, 1.82) is 5.26 Å². The Labute approximate surface area is 105 Å². The molecular formula is C13H13N3O2. The van der Waals surface area contributed by atoms with Crippen LogP contribution in [-0.4, -0.2) is 23.4 Å². The van der Waals surface area contributed by atoms with E-state index < -0.39 is 4.92 Å². The Morgan fingerprint density at radius 2 is 2.11 bits per heavy atom. The maximum Gasteiger partial charge on any atom is 0.269 e. The predicted octanol–water partition coefficient (Wildman–Crippen LogP) is 2.56. The average Bonchev–Trinajstić information content (AvgIpc) is 2.78. The highest BCUT2D eigenvalue weighted by atomic mass is 16.6. The molecule has 1 aromatic rings. The summed E-state index contributed by atoms with van der Waals surface area (Å²) in [7, 11) is 1.96. The van der Waals surface area contributed by atoms with Crippen LogP contribution in [0, 0.1) is 21.4 Å². The Bertz CT molecular complexity index is 540. The molecule has 0 bridgehead atoms. The van der Waals surface area contributed by atoms with E-state index in [0.717, 1.165) is 30.6 Å². The fourth-order valence-corrected chi connectivity index (χ4v) is 2.17. The fourth-order valence-electron chi connectivity index (χ4n) is 2.17. The number of likely N-dealkylation sites (tertiary alicyclic amines) is 1. The molecule has 0 unspecified atom stereocenters. The number of rotatable bonds is 2. The van der Waals surface area contributed by atoms with Crippen molar-refractivity contribution in [2.45, 2.75) is 12.8 Å². The minimum atomic E-state index is -0.440. The minimum Gasteiger partial charge on any atom is -0.377 e. The van der Waals surface area contributed by atoms with Gasteiger partial charge in [0.2, 0.25) is 0 Å². The van der Waals surface area contributed by atoms with Crippen molar-refractivity contribution in [3.8, 4) is 6.07 Å². The summed E-state index contributed by atoms with van der Waals surface area (Å²) in [6.07, 6.45) is 1.93. The van der Waals surface area contributed by atoms with Gasteiger partial charge in [0.25, 0.3) is 5.69 Å². The molecule has 0 amide bonds. The molecule has 2 rings (SSSR count). The SMILES string of the molecule is CN1CCCC1=C(C#N)c1ccc([N+](=O)[O-])cc1. The highest BCUT2D eigenvalue weighted by Crippen LogP contribution is 2.28. The number of nitro groups is 1. The third-order valence-electron chi connectivity index (χ3n) is 3.14. The molecule has 0 atom stereocenters. The molecule has 1 heterocycles. The highest BCUT2D eigenvalue weighted by Gasteiger charge is 2.19. The van der Waals surface area contributed by atoms with Crippen LogP contribution in [0.15, 0.2) is 30.0 Å². The topological polar surface area (TPSA) is 70.2 Å². The molecule has 92 valence electrons. The number of hydrogen-bond acceptors (Lipinski definition) is 4. The van der Waals surface area contributed by atoms with Crippen LogP contribution in [0.1, 0.15) is 18.4 Å². The van der Waals surface area contributed by atoms with Gasteiger partial charge in [0.1, 0.15) is 6.07 Å². The standard InChI is InChI=1S/C13H13N3O2/c1-15-8-2-3-13(15)12(9-14)10-4-6-11(7-5-10)16(17)18/h4-7H,2-3,8H2,1H3. The second-order valence-corrected chi connectivity index (χ2v) is 4.26. The largest absolute Gasteiger partial charge is 0.377 e. The van der Waals surface area contributed by atoms with Gasteiger partial charge in [-0.05, 0) is 30.5 Å². The van der Waals surface area contributed by atoms with E-state index >= 15 is 0 Å². The van der Waals surface area contributed by atoms with E-state index in [1.54, 1.807) is 12.1 Å². The van der Waals surface area contributed by atoms with E-state index in [9.17, 15) is 15.4 Å². The first-order chi connectivity index (χ1) is 8.63. The van der Waals surface area contributed by atoms with Gasteiger partial charge in [-0.25, -0.2) is 0 Å². The summed E-state index contributed by atoms with van der Waals surface area (Å²) in [5.41, 5.74) is 2.42. The lowest BCUT2D eigenvalue weighted by Crippen LogP contribution is -2.11. The molecule has 5 heteroatoms. The average molecular weight is 243 g/mol. The molecule has 0 N–H and O–H groups in total. The van der Waals surface area contributed by atoms with E-state index in [1.807, 2.05) is 7.05 Å². The number of hydrogen-bond donors (Lipinski definition) is 0. The molecule has 0 aromatic heterocycles. The van der Waals surface area contributed by atoms with Gasteiger partial charge in [0, 0.05) is 31.4 Å². The van der Waals surface area contributed by atoms with Gasteiger partial charge in [-0.1, -0.05) is 0 Å². The van der Waals surface area contributed by atoms with Crippen molar-refractivity contribution in [2.24, 2.45) is 0 Å². The normalized spacial score (nSPS) is 17.4. The molecular weight excluding hydrogens is 230 g/mol. The van der Waals surface area contributed by atoms with E-state index in [2.05, 4.69) is 11.0 Å². The lowest BCUT2D eigenvalue weighted by Gasteiger charge is -2.14. The summed E-state index contributed by atoms with van der Waals surface area (Å²) < 4.78 is 0. The fraction of sp³-hybridized carbons (Fsp3) is 0.308. The zero-order valence-electron chi connectivity index (χ0n) is 10.1. The van der Waals surface area contributed by atoms with Gasteiger partial charge in [0.15, 0.2) is 0 Å². The molecule has 0 aliphatic carbocycles. The molecule has 0 radical (unpaired) electrons. The van der Waals surface area contributed by atoms with E-state index in [1.165, 1.54) is 12.1 Å². The number of allylic oxidation sites excluding steroid dienone is 2. The zero-order chi connectivity index (χ0) is 13.1. The lowest BCUT2D eigenvalue weighted by atomic mass is 10.0. The summed E-state index contributed by atoms with van der Waals surface area (Å²) in [5.74, 6) is 0. The Kier molecular flexibility index (Phi) is 3.28. The summed E-state index contributed by atoms with van der Waals surface area (Å²) in [6.45, 7) is 0.952. The smallest absolute Gasteiger partial charge is 0.269 e. The first kappa shape index (κ1) is 12.1. The number of benzene rings is 1. The molecule has 1 fully saturated rings. The van der Waals surface area contributed by atoms with Crippen molar-refractivity contribution in [1.82, 2.24) is 4.90 Å². The molecule has 0 spiro atoms. The van der Waals surface area contributed by atoms with E-state index in [0.29, 0.717) is 5.57 Å². The van der Waals surface area contributed by atoms with Crippen molar-refractivity contribution < 1.29 is 4.92 Å². The predicted molar refractivity (Wildman–Crippen MR) is 67.5 cm³/mol. The van der Waals surface area contributed by atoms with Gasteiger partial charge < -0.3 is 4.90 Å². The highest BCUT2D eigenvalue weighted by molar-refractivity contribution is 5.79. The van der Waals surface area contributed by atoms with Crippen LogP contribution in [0.3, 0.4) is 0 Å². The summed E-state index contributed by atoms with van der Waals surface area (Å²) >= 11 is 0. The van der Waals surface area contributed by atoms with Gasteiger partial charge in [0.05, 0.1) is 10.5 Å². The number of nitro benzene ring substituents is 1. The van der Waals surface area contributed by atoms with Crippen molar-refractivity contribution in [3.63, 3.8) is 0 Å². The first-order valence-corrected chi connectivity index (χ1v) is 5.72. The van der Waals surface area contributed by atoms with Crippen LogP contribution < -0.4 is 0 Å². The molecule has 1 aromatic carbocycles. The maximum absolute atomic E-state index is 10.6. The first-order valence-electron chi connectivity index (χ1n) is 5.72. The van der Waals surface area contributed by atoms with Gasteiger partial charge in [-0.15, -0.1) is 0 Å². The third kappa shape index (κ3) is 2.18. The van der Waals surface area contributed by atoms with Crippen molar-refractivity contribution >= 4 is 11.3 Å². The number of nitriles is 1. The molecule has 0 saturated carbocycles. The van der Waals surface area contributed by atoms with Crippen LogP contribution in [-0.2, 0) is 0 Å². The number of non-ortho nitro benzene ring substituents is 1. The van der Waals surface area contributed by atoms with Crippen LogP contribution >= 0.6 is 0 Å². The Morgan fingerprint density at radius 1 is 1.44 bits per heavy atom. The monoisotopic (exact) mass is 243 g/mol. The van der Waals surface area contributed by atoms with E-state index in [4.69, 9.17) is 0 Å². The quantitative estimate of drug-likeness (QED) is 0.454. The Hall–Kier alpha value is -2.35. The summed E-state index contributed by atoms with van der Waals surface area (Å²) in [5, 5.41) is 19.8. The van der Waals surface area contributed by atoms with Crippen molar-refractivity contribution in [3.05, 3.63) is 45.6 Å². The van der Waals surface area contributed by atoms with Gasteiger partial charge >= 0.3 is 0 Å². The van der Waals surface area contributed by atoms with E-state index in [-0.39, 0.29) is 5.69 Å². The molecule has 5 nitrogen and oxygen atoms in total. The van der Waals surface area contributed by atoms with Crippen LogP contribution in [0.2, 0.25) is 0 Å². The zero-order valence-corrected chi connectivity index (χ0v) is 10.1. The molecule has 1 aliphatic heterocycles. The Balaban J connectivity index is 2.40. The van der Waals surface area contributed by atoms with Crippen LogP contribution in [0.25, 0.3) is 5.57 Å². The van der Waals surface area contributed by atoms with Gasteiger partial charge in [-0.2, -0.15) is 5.26 Å². The molecule has 18 heavy (non-hydrogen) atoms. The van der Waals surface area contributed by atoms with Crippen LogP contribution in [0.4, 0.5) is 5.69 Å². The minimum absolute atomic E-state index is 0.0424. The second kappa shape index (κ2) is 4.88. The lowest BCUT2D eigenvalue weighted by molar-refractivity contribution is -0.384. The molecule has 1 aliphatic rings. The van der Waals surface area contributed by atoms with Crippen molar-refractivity contribution in [2.75, 3.05) is 13.6 Å². The third-order valence-corrected chi connectivity index (χ3v) is 3.14. The van der Waals surface area contributed by atoms with Crippen LogP contribution in [0.5, 0.6) is 0 Å². The maximum atomic E-state index is 10.6. The summed E-state index contributed by atoms with van der Waals surface area (Å²) in [6, 6.07) is 8.34. The number of nitrogens with zero attached hydrogens (tertiary/aromatic N) is 3. The van der Waals surface area contributed by atoms with Gasteiger partial charge in [-0.3, -0.25) is 10.1 Å².